The number of halogens is 1. The van der Waals surface area contributed by atoms with Gasteiger partial charge in [0.15, 0.2) is 10.8 Å². The summed E-state index contributed by atoms with van der Waals surface area (Å²) in [5.74, 6) is 0.293. The second kappa shape index (κ2) is 6.86. The van der Waals surface area contributed by atoms with Gasteiger partial charge in [-0.1, -0.05) is 41.8 Å². The molecular weight excluding hydrogens is 356 g/mol. The van der Waals surface area contributed by atoms with Crippen molar-refractivity contribution in [3.05, 3.63) is 39.9 Å². The minimum atomic E-state index is 0.0389. The molecule has 1 aliphatic carbocycles. The second-order valence-corrected chi connectivity index (χ2v) is 8.17. The maximum Gasteiger partial charge on any atom is 0.191 e. The van der Waals surface area contributed by atoms with Gasteiger partial charge in [0.25, 0.3) is 0 Å². The Labute approximate surface area is 154 Å². The van der Waals surface area contributed by atoms with Crippen molar-refractivity contribution in [2.45, 2.75) is 38.1 Å². The fourth-order valence-electron chi connectivity index (χ4n) is 3.52. The van der Waals surface area contributed by atoms with Crippen LogP contribution in [0.3, 0.4) is 0 Å². The molecule has 0 spiro atoms. The number of aromatic nitrogens is 3. The molecule has 0 amide bonds. The molecule has 2 atom stereocenters. The van der Waals surface area contributed by atoms with E-state index >= 15 is 0 Å². The van der Waals surface area contributed by atoms with E-state index in [1.807, 2.05) is 24.4 Å². The number of thiazole rings is 1. The highest BCUT2D eigenvalue weighted by atomic mass is 35.5. The number of ketones is 1. The first kappa shape index (κ1) is 16.7. The second-order valence-electron chi connectivity index (χ2n) is 6.57. The van der Waals surface area contributed by atoms with Gasteiger partial charge in [-0.15, -0.1) is 0 Å². The van der Waals surface area contributed by atoms with Crippen LogP contribution in [0, 0.1) is 5.92 Å². The molecule has 0 radical (unpaired) electrons. The maximum absolute atomic E-state index is 12.7. The molecule has 3 heterocycles. The Morgan fingerprint density at radius 3 is 3.04 bits per heavy atom. The van der Waals surface area contributed by atoms with Gasteiger partial charge in [0.1, 0.15) is 10.0 Å². The van der Waals surface area contributed by atoms with E-state index in [1.54, 1.807) is 10.7 Å². The van der Waals surface area contributed by atoms with Gasteiger partial charge in [0, 0.05) is 24.2 Å². The zero-order valence-electron chi connectivity index (χ0n) is 13.7. The van der Waals surface area contributed by atoms with Gasteiger partial charge in [-0.25, -0.2) is 9.50 Å². The molecule has 2 N–H and O–H groups in total. The van der Waals surface area contributed by atoms with E-state index in [0.717, 1.165) is 36.8 Å². The zero-order valence-corrected chi connectivity index (χ0v) is 15.3. The van der Waals surface area contributed by atoms with Crippen LogP contribution in [-0.4, -0.2) is 26.4 Å². The third kappa shape index (κ3) is 3.21. The Bertz CT molecular complexity index is 919. The van der Waals surface area contributed by atoms with Gasteiger partial charge < -0.3 is 5.73 Å². The average molecular weight is 375 g/mol. The molecule has 25 heavy (non-hydrogen) atoms. The molecular formula is C18H19ClN4OS. The van der Waals surface area contributed by atoms with Crippen molar-refractivity contribution >= 4 is 34.2 Å². The van der Waals surface area contributed by atoms with Crippen LogP contribution in [0.2, 0.25) is 4.34 Å². The third-order valence-corrected chi connectivity index (χ3v) is 6.22. The Morgan fingerprint density at radius 1 is 1.36 bits per heavy atom. The van der Waals surface area contributed by atoms with Crippen LogP contribution in [0.4, 0.5) is 0 Å². The van der Waals surface area contributed by atoms with Gasteiger partial charge in [-0.05, 0) is 30.9 Å². The van der Waals surface area contributed by atoms with E-state index in [9.17, 15) is 4.79 Å². The van der Waals surface area contributed by atoms with Gasteiger partial charge in [-0.3, -0.25) is 4.79 Å². The molecule has 7 heteroatoms. The van der Waals surface area contributed by atoms with Crippen LogP contribution < -0.4 is 5.73 Å². The van der Waals surface area contributed by atoms with E-state index in [4.69, 9.17) is 17.3 Å². The van der Waals surface area contributed by atoms with Crippen molar-refractivity contribution in [2.75, 3.05) is 0 Å². The summed E-state index contributed by atoms with van der Waals surface area (Å²) in [5.41, 5.74) is 8.56. The van der Waals surface area contributed by atoms with E-state index in [1.165, 1.54) is 11.3 Å². The minimum absolute atomic E-state index is 0.0389. The molecule has 1 aliphatic rings. The number of carbonyl (C=O) groups excluding carboxylic acids is 1. The molecule has 5 nitrogen and oxygen atoms in total. The third-order valence-electron chi connectivity index (χ3n) is 4.92. The predicted molar refractivity (Wildman–Crippen MR) is 100 cm³/mol. The zero-order chi connectivity index (χ0) is 17.4. The van der Waals surface area contributed by atoms with E-state index in [-0.39, 0.29) is 17.7 Å². The molecule has 0 aliphatic heterocycles. The smallest absolute Gasteiger partial charge is 0.191 e. The van der Waals surface area contributed by atoms with Crippen molar-refractivity contribution in [1.29, 1.82) is 0 Å². The fourth-order valence-corrected chi connectivity index (χ4v) is 4.64. The summed E-state index contributed by atoms with van der Waals surface area (Å²) in [6, 6.07) is 5.93. The van der Waals surface area contributed by atoms with Crippen molar-refractivity contribution < 1.29 is 4.79 Å². The monoisotopic (exact) mass is 374 g/mol. The first-order valence-corrected chi connectivity index (χ1v) is 9.71. The van der Waals surface area contributed by atoms with E-state index < -0.39 is 0 Å². The minimum Gasteiger partial charge on any atom is -0.327 e. The SMILES string of the molecule is N[C@@H]1CCCC[C@H]1CC(=O)c1nc(-c2cnn3ccccc23)c(Cl)s1. The molecule has 130 valence electrons. The molecule has 0 bridgehead atoms. The molecule has 1 saturated carbocycles. The molecule has 0 unspecified atom stereocenters. The van der Waals surface area contributed by atoms with Crippen LogP contribution in [-0.2, 0) is 0 Å². The van der Waals surface area contributed by atoms with Crippen molar-refractivity contribution in [3.8, 4) is 11.3 Å². The lowest BCUT2D eigenvalue weighted by Crippen LogP contribution is -2.34. The summed E-state index contributed by atoms with van der Waals surface area (Å²) in [4.78, 5) is 17.2. The Hall–Kier alpha value is -1.76. The number of nitrogens with zero attached hydrogens (tertiary/aromatic N) is 3. The van der Waals surface area contributed by atoms with Crippen LogP contribution in [0.1, 0.15) is 41.9 Å². The van der Waals surface area contributed by atoms with E-state index in [0.29, 0.717) is 21.5 Å². The maximum atomic E-state index is 12.7. The Morgan fingerprint density at radius 2 is 2.20 bits per heavy atom. The standard InChI is InChI=1S/C18H19ClN4OS/c19-17-16(12-10-21-23-8-4-3-7-14(12)23)22-18(25-17)15(24)9-11-5-1-2-6-13(11)20/h3-4,7-8,10-11,13H,1-2,5-6,9,20H2/t11-,13+/m0/s1. The van der Waals surface area contributed by atoms with Crippen molar-refractivity contribution in [3.63, 3.8) is 0 Å². The Balaban J connectivity index is 1.60. The first-order chi connectivity index (χ1) is 12.1. The number of nitrogens with two attached hydrogens (primary N) is 1. The lowest BCUT2D eigenvalue weighted by Gasteiger charge is -2.27. The largest absolute Gasteiger partial charge is 0.327 e. The average Bonchev–Trinajstić information content (AvgIpc) is 3.20. The molecule has 3 aromatic heterocycles. The highest BCUT2D eigenvalue weighted by molar-refractivity contribution is 7.18. The molecule has 0 saturated heterocycles. The number of carbonyl (C=O) groups is 1. The van der Waals surface area contributed by atoms with Gasteiger partial charge in [-0.2, -0.15) is 5.10 Å². The van der Waals surface area contributed by atoms with Gasteiger partial charge >= 0.3 is 0 Å². The summed E-state index contributed by atoms with van der Waals surface area (Å²) in [6.07, 6.45) is 8.40. The number of pyridine rings is 1. The van der Waals surface area contributed by atoms with Crippen LogP contribution >= 0.6 is 22.9 Å². The number of hydrogen-bond acceptors (Lipinski definition) is 5. The lowest BCUT2D eigenvalue weighted by molar-refractivity contribution is 0.0942. The fraction of sp³-hybridized carbons (Fsp3) is 0.389. The van der Waals surface area contributed by atoms with Gasteiger partial charge in [0.05, 0.1) is 11.7 Å². The van der Waals surface area contributed by atoms with E-state index in [2.05, 4.69) is 10.1 Å². The summed E-state index contributed by atoms with van der Waals surface area (Å²) < 4.78 is 2.29. The van der Waals surface area contributed by atoms with Gasteiger partial charge in [0.2, 0.25) is 0 Å². The number of fused-ring (bicyclic) bond motifs is 1. The van der Waals surface area contributed by atoms with Crippen LogP contribution in [0.5, 0.6) is 0 Å². The highest BCUT2D eigenvalue weighted by Gasteiger charge is 2.27. The molecule has 1 fully saturated rings. The van der Waals surface area contributed by atoms with Crippen LogP contribution in [0.15, 0.2) is 30.6 Å². The predicted octanol–water partition coefficient (Wildman–Crippen LogP) is 4.20. The first-order valence-electron chi connectivity index (χ1n) is 8.51. The summed E-state index contributed by atoms with van der Waals surface area (Å²) in [7, 11) is 0. The topological polar surface area (TPSA) is 73.3 Å². The van der Waals surface area contributed by atoms with Crippen molar-refractivity contribution in [1.82, 2.24) is 14.6 Å². The summed E-state index contributed by atoms with van der Waals surface area (Å²) >= 11 is 7.64. The summed E-state index contributed by atoms with van der Waals surface area (Å²) in [6.45, 7) is 0. The quantitative estimate of drug-likeness (QED) is 0.694. The molecule has 4 rings (SSSR count). The number of rotatable bonds is 4. The highest BCUT2D eigenvalue weighted by Crippen LogP contribution is 2.36. The number of hydrogen-bond donors (Lipinski definition) is 1. The summed E-state index contributed by atoms with van der Waals surface area (Å²) in [5, 5.41) is 4.78. The lowest BCUT2D eigenvalue weighted by atomic mass is 9.82. The normalized spacial score (nSPS) is 20.9. The molecule has 3 aromatic rings. The number of Topliss-reactive ketones (excluding diaryl/α,β-unsaturated/α-hetero) is 1. The van der Waals surface area contributed by atoms with Crippen LogP contribution in [0.25, 0.3) is 16.8 Å². The van der Waals surface area contributed by atoms with Crippen molar-refractivity contribution in [2.24, 2.45) is 11.7 Å². The molecule has 0 aromatic carbocycles. The Kier molecular flexibility index (Phi) is 4.58.